The minimum absolute atomic E-state index is 0.0517. The first-order chi connectivity index (χ1) is 12.9. The van der Waals surface area contributed by atoms with Gasteiger partial charge in [-0.2, -0.15) is 0 Å². The van der Waals surface area contributed by atoms with Gasteiger partial charge in [0.1, 0.15) is 0 Å². The number of rotatable bonds is 7. The minimum Gasteiger partial charge on any atom is -0.462 e. The molecular formula is C19H21N3O5. The van der Waals surface area contributed by atoms with Gasteiger partial charge < -0.3 is 15.4 Å². The van der Waals surface area contributed by atoms with E-state index in [-0.39, 0.29) is 17.9 Å². The molecule has 0 fully saturated rings. The van der Waals surface area contributed by atoms with Gasteiger partial charge in [0.15, 0.2) is 0 Å². The molecule has 1 amide bonds. The molecule has 0 aromatic heterocycles. The lowest BCUT2D eigenvalue weighted by Crippen LogP contribution is -2.15. The molecule has 0 atom stereocenters. The van der Waals surface area contributed by atoms with E-state index >= 15 is 0 Å². The smallest absolute Gasteiger partial charge is 0.338 e. The van der Waals surface area contributed by atoms with Crippen molar-refractivity contribution in [1.82, 2.24) is 0 Å². The van der Waals surface area contributed by atoms with Crippen LogP contribution in [0.2, 0.25) is 0 Å². The van der Waals surface area contributed by atoms with Crippen molar-refractivity contribution in [2.24, 2.45) is 0 Å². The second-order valence-electron chi connectivity index (χ2n) is 5.72. The Labute approximate surface area is 156 Å². The summed E-state index contributed by atoms with van der Waals surface area (Å²) >= 11 is 0. The number of amides is 1. The zero-order valence-corrected chi connectivity index (χ0v) is 15.4. The van der Waals surface area contributed by atoms with Crippen LogP contribution in [0, 0.1) is 17.0 Å². The Bertz CT molecular complexity index is 880. The van der Waals surface area contributed by atoms with Crippen molar-refractivity contribution in [3.8, 4) is 0 Å². The van der Waals surface area contributed by atoms with Crippen molar-refractivity contribution < 1.29 is 19.2 Å². The highest BCUT2D eigenvalue weighted by atomic mass is 16.6. The predicted molar refractivity (Wildman–Crippen MR) is 102 cm³/mol. The van der Waals surface area contributed by atoms with Crippen LogP contribution in [-0.4, -0.2) is 30.0 Å². The van der Waals surface area contributed by atoms with Crippen LogP contribution in [0.25, 0.3) is 0 Å². The van der Waals surface area contributed by atoms with E-state index in [0.717, 1.165) is 0 Å². The Morgan fingerprint density at radius 2 is 1.78 bits per heavy atom. The van der Waals surface area contributed by atoms with Crippen LogP contribution in [0.1, 0.15) is 40.1 Å². The van der Waals surface area contributed by atoms with E-state index in [1.165, 1.54) is 24.3 Å². The van der Waals surface area contributed by atoms with Gasteiger partial charge in [-0.05, 0) is 51.1 Å². The lowest BCUT2D eigenvalue weighted by molar-refractivity contribution is -0.385. The summed E-state index contributed by atoms with van der Waals surface area (Å²) in [5.74, 6) is -0.921. The Hall–Kier alpha value is -3.42. The van der Waals surface area contributed by atoms with Crippen molar-refractivity contribution in [2.45, 2.75) is 20.8 Å². The van der Waals surface area contributed by atoms with Crippen LogP contribution in [0.5, 0.6) is 0 Å². The van der Waals surface area contributed by atoms with Gasteiger partial charge in [0.25, 0.3) is 11.6 Å². The van der Waals surface area contributed by atoms with Crippen LogP contribution < -0.4 is 10.6 Å². The Morgan fingerprint density at radius 1 is 1.07 bits per heavy atom. The number of aryl methyl sites for hydroxylation is 1. The number of nitrogens with zero attached hydrogens (tertiary/aromatic N) is 1. The molecule has 8 heteroatoms. The maximum Gasteiger partial charge on any atom is 0.338 e. The molecule has 0 aliphatic rings. The summed E-state index contributed by atoms with van der Waals surface area (Å²) in [7, 11) is 0. The number of carbonyl (C=O) groups excluding carboxylic acids is 2. The molecule has 0 saturated heterocycles. The molecule has 0 aliphatic heterocycles. The zero-order valence-electron chi connectivity index (χ0n) is 15.4. The number of nitro groups is 1. The number of carbonyl (C=O) groups is 2. The average Bonchev–Trinajstić information content (AvgIpc) is 2.63. The van der Waals surface area contributed by atoms with Crippen molar-refractivity contribution >= 4 is 28.9 Å². The molecular weight excluding hydrogens is 350 g/mol. The number of esters is 1. The Balaban J connectivity index is 2.32. The predicted octanol–water partition coefficient (Wildman–Crippen LogP) is 3.76. The topological polar surface area (TPSA) is 111 Å². The highest BCUT2D eigenvalue weighted by molar-refractivity contribution is 6.07. The van der Waals surface area contributed by atoms with E-state index in [4.69, 9.17) is 4.74 Å². The van der Waals surface area contributed by atoms with Crippen LogP contribution in [-0.2, 0) is 4.74 Å². The Morgan fingerprint density at radius 3 is 2.37 bits per heavy atom. The van der Waals surface area contributed by atoms with Crippen LogP contribution in [0.3, 0.4) is 0 Å². The third-order valence-electron chi connectivity index (χ3n) is 3.80. The van der Waals surface area contributed by atoms with Crippen molar-refractivity contribution in [3.63, 3.8) is 0 Å². The number of hydrogen-bond acceptors (Lipinski definition) is 6. The molecule has 0 saturated carbocycles. The molecule has 0 bridgehead atoms. The van der Waals surface area contributed by atoms with Crippen molar-refractivity contribution in [3.05, 3.63) is 63.2 Å². The summed E-state index contributed by atoms with van der Waals surface area (Å²) in [6.07, 6.45) is 0. The monoisotopic (exact) mass is 371 g/mol. The van der Waals surface area contributed by atoms with Gasteiger partial charge in [0, 0.05) is 23.7 Å². The lowest BCUT2D eigenvalue weighted by atomic mass is 10.1. The molecule has 0 spiro atoms. The molecule has 142 valence electrons. The fourth-order valence-corrected chi connectivity index (χ4v) is 2.53. The zero-order chi connectivity index (χ0) is 20.0. The number of nitrogens with one attached hydrogen (secondary N) is 2. The fraction of sp³-hybridized carbons (Fsp3) is 0.263. The number of nitro benzene ring substituents is 1. The maximum atomic E-state index is 12.6. The largest absolute Gasteiger partial charge is 0.462 e. The van der Waals surface area contributed by atoms with Crippen molar-refractivity contribution in [2.75, 3.05) is 23.8 Å². The summed E-state index contributed by atoms with van der Waals surface area (Å²) in [5, 5.41) is 16.8. The van der Waals surface area contributed by atoms with Gasteiger partial charge in [-0.15, -0.1) is 0 Å². The molecule has 8 nitrogen and oxygen atoms in total. The van der Waals surface area contributed by atoms with E-state index < -0.39 is 16.8 Å². The summed E-state index contributed by atoms with van der Waals surface area (Å²) in [5.41, 5.74) is 2.00. The fourth-order valence-electron chi connectivity index (χ4n) is 2.53. The third kappa shape index (κ3) is 4.81. The van der Waals surface area contributed by atoms with Crippen LogP contribution in [0.15, 0.2) is 36.4 Å². The number of anilines is 2. The van der Waals surface area contributed by atoms with Gasteiger partial charge in [-0.3, -0.25) is 14.9 Å². The molecule has 0 radical (unpaired) electrons. The number of hydrogen-bond donors (Lipinski definition) is 2. The molecule has 2 rings (SSSR count). The highest BCUT2D eigenvalue weighted by Crippen LogP contribution is 2.25. The van der Waals surface area contributed by atoms with E-state index in [9.17, 15) is 19.7 Å². The highest BCUT2D eigenvalue weighted by Gasteiger charge is 2.16. The molecule has 2 aromatic rings. The second kappa shape index (κ2) is 8.79. The minimum atomic E-state index is -0.497. The van der Waals surface area contributed by atoms with E-state index in [0.29, 0.717) is 29.0 Å². The van der Waals surface area contributed by atoms with E-state index in [1.807, 2.05) is 6.92 Å². The Kier molecular flexibility index (Phi) is 6.48. The van der Waals surface area contributed by atoms with Crippen LogP contribution >= 0.6 is 0 Å². The van der Waals surface area contributed by atoms with Crippen molar-refractivity contribution in [1.29, 1.82) is 0 Å². The van der Waals surface area contributed by atoms with E-state index in [1.54, 1.807) is 26.0 Å². The molecule has 0 heterocycles. The molecule has 2 N–H and O–H groups in total. The van der Waals surface area contributed by atoms with Gasteiger partial charge in [-0.25, -0.2) is 4.79 Å². The van der Waals surface area contributed by atoms with E-state index in [2.05, 4.69) is 10.6 Å². The molecule has 2 aromatic carbocycles. The lowest BCUT2D eigenvalue weighted by Gasteiger charge is -2.14. The average molecular weight is 371 g/mol. The number of ether oxygens (including phenoxy) is 1. The van der Waals surface area contributed by atoms with Gasteiger partial charge in [0.05, 0.1) is 28.5 Å². The summed E-state index contributed by atoms with van der Waals surface area (Å²) in [4.78, 5) is 35.0. The first-order valence-corrected chi connectivity index (χ1v) is 8.48. The van der Waals surface area contributed by atoms with Crippen LogP contribution in [0.4, 0.5) is 17.1 Å². The first-order valence-electron chi connectivity index (χ1n) is 8.48. The summed E-state index contributed by atoms with van der Waals surface area (Å²) in [6, 6.07) is 8.98. The SMILES string of the molecule is CCNc1ccc(C(=O)OCC)cc1NC(=O)c1ccc([N+](=O)[O-])c(C)c1. The third-order valence-corrected chi connectivity index (χ3v) is 3.80. The van der Waals surface area contributed by atoms with Gasteiger partial charge >= 0.3 is 5.97 Å². The maximum absolute atomic E-state index is 12.6. The molecule has 0 aliphatic carbocycles. The summed E-state index contributed by atoms with van der Waals surface area (Å²) < 4.78 is 4.99. The van der Waals surface area contributed by atoms with Gasteiger partial charge in [0.2, 0.25) is 0 Å². The van der Waals surface area contributed by atoms with Gasteiger partial charge in [-0.1, -0.05) is 0 Å². The molecule has 0 unspecified atom stereocenters. The standard InChI is InChI=1S/C19H21N3O5/c1-4-20-15-8-6-14(19(24)27-5-2)11-16(15)21-18(23)13-7-9-17(22(25)26)12(3)10-13/h6-11,20H,4-5H2,1-3H3,(H,21,23). The first kappa shape index (κ1) is 19.9. The quantitative estimate of drug-likeness (QED) is 0.435. The summed E-state index contributed by atoms with van der Waals surface area (Å²) in [6.45, 7) is 6.06. The molecule has 27 heavy (non-hydrogen) atoms. The number of benzene rings is 2. The second-order valence-corrected chi connectivity index (χ2v) is 5.72. The normalized spacial score (nSPS) is 10.2.